The van der Waals surface area contributed by atoms with Gasteiger partial charge in [-0.15, -0.1) is 0 Å². The molecule has 2 rings (SSSR count). The van der Waals surface area contributed by atoms with Crippen LogP contribution in [0.5, 0.6) is 0 Å². The third-order valence-corrected chi connectivity index (χ3v) is 4.31. The molecular weight excluding hydrogens is 246 g/mol. The number of nitrogens with one attached hydrogen (secondary N) is 1. The smallest absolute Gasteiger partial charge is 0.0544 e. The first-order valence-corrected chi connectivity index (χ1v) is 8.09. The Morgan fingerprint density at radius 1 is 1.25 bits per heavy atom. The van der Waals surface area contributed by atoms with E-state index in [2.05, 4.69) is 34.4 Å². The van der Waals surface area contributed by atoms with Crippen molar-refractivity contribution in [3.63, 3.8) is 0 Å². The summed E-state index contributed by atoms with van der Waals surface area (Å²) in [5, 5.41) is 3.50. The van der Waals surface area contributed by atoms with E-state index in [1.807, 2.05) is 13.0 Å². The zero-order valence-electron chi connectivity index (χ0n) is 13.1. The van der Waals surface area contributed by atoms with Gasteiger partial charge in [0.1, 0.15) is 0 Å². The van der Waals surface area contributed by atoms with Gasteiger partial charge in [0.2, 0.25) is 0 Å². The molecule has 3 heteroatoms. The predicted molar refractivity (Wildman–Crippen MR) is 84.8 cm³/mol. The van der Waals surface area contributed by atoms with Crippen LogP contribution in [0, 0.1) is 6.92 Å². The molecule has 0 spiro atoms. The standard InChI is InChI=1S/C17H29N3/c1-15-8-6-9-16(19-15)14-18-12-7-13-20(2)17-10-4-3-5-11-17/h6,8-9,17-18H,3-5,7,10-14H2,1-2H3. The molecule has 1 heterocycles. The Morgan fingerprint density at radius 2 is 2.05 bits per heavy atom. The molecule has 0 aromatic carbocycles. The van der Waals surface area contributed by atoms with Crippen molar-refractivity contribution in [2.75, 3.05) is 20.1 Å². The number of aryl methyl sites for hydroxylation is 1. The van der Waals surface area contributed by atoms with Crippen molar-refractivity contribution in [1.29, 1.82) is 0 Å². The van der Waals surface area contributed by atoms with Crippen LogP contribution in [0.25, 0.3) is 0 Å². The molecule has 0 amide bonds. The summed E-state index contributed by atoms with van der Waals surface area (Å²) in [6.07, 6.45) is 8.31. The van der Waals surface area contributed by atoms with Crippen LogP contribution in [0.3, 0.4) is 0 Å². The molecule has 1 fully saturated rings. The number of pyridine rings is 1. The minimum absolute atomic E-state index is 0.835. The molecule has 0 aliphatic heterocycles. The lowest BCUT2D eigenvalue weighted by Gasteiger charge is -2.31. The highest BCUT2D eigenvalue weighted by atomic mass is 15.1. The summed E-state index contributed by atoms with van der Waals surface area (Å²) in [7, 11) is 2.29. The van der Waals surface area contributed by atoms with Crippen LogP contribution >= 0.6 is 0 Å². The fourth-order valence-electron chi connectivity index (χ4n) is 3.07. The van der Waals surface area contributed by atoms with Crippen molar-refractivity contribution >= 4 is 0 Å². The van der Waals surface area contributed by atoms with Crippen LogP contribution in [-0.2, 0) is 6.54 Å². The molecule has 3 nitrogen and oxygen atoms in total. The lowest BCUT2D eigenvalue weighted by molar-refractivity contribution is 0.189. The molecule has 0 bridgehead atoms. The summed E-state index contributed by atoms with van der Waals surface area (Å²) in [6.45, 7) is 5.21. The maximum atomic E-state index is 4.51. The Bertz CT molecular complexity index is 386. The summed E-state index contributed by atoms with van der Waals surface area (Å²) in [5.74, 6) is 0. The molecule has 1 aliphatic carbocycles. The molecule has 20 heavy (non-hydrogen) atoms. The normalized spacial score (nSPS) is 16.8. The molecule has 0 unspecified atom stereocenters. The first-order chi connectivity index (χ1) is 9.75. The molecule has 0 saturated heterocycles. The molecule has 1 aromatic rings. The summed E-state index contributed by atoms with van der Waals surface area (Å²) in [4.78, 5) is 7.07. The summed E-state index contributed by atoms with van der Waals surface area (Å²) in [5.41, 5.74) is 2.24. The van der Waals surface area contributed by atoms with Gasteiger partial charge < -0.3 is 10.2 Å². The van der Waals surface area contributed by atoms with Crippen LogP contribution in [0.4, 0.5) is 0 Å². The maximum absolute atomic E-state index is 4.51. The molecule has 112 valence electrons. The molecular formula is C17H29N3. The highest BCUT2D eigenvalue weighted by molar-refractivity contribution is 5.09. The van der Waals surface area contributed by atoms with E-state index in [0.717, 1.165) is 30.5 Å². The molecule has 0 radical (unpaired) electrons. The van der Waals surface area contributed by atoms with Crippen LogP contribution in [-0.4, -0.2) is 36.1 Å². The zero-order chi connectivity index (χ0) is 14.2. The van der Waals surface area contributed by atoms with Crippen LogP contribution in [0.15, 0.2) is 18.2 Å². The first kappa shape index (κ1) is 15.5. The quantitative estimate of drug-likeness (QED) is 0.775. The monoisotopic (exact) mass is 275 g/mol. The first-order valence-electron chi connectivity index (χ1n) is 8.09. The highest BCUT2D eigenvalue weighted by Crippen LogP contribution is 2.21. The second-order valence-corrected chi connectivity index (χ2v) is 6.07. The van der Waals surface area contributed by atoms with Gasteiger partial charge in [-0.1, -0.05) is 25.3 Å². The van der Waals surface area contributed by atoms with E-state index in [-0.39, 0.29) is 0 Å². The van der Waals surface area contributed by atoms with E-state index in [1.54, 1.807) is 0 Å². The van der Waals surface area contributed by atoms with Crippen LogP contribution in [0.1, 0.15) is 49.9 Å². The zero-order valence-corrected chi connectivity index (χ0v) is 13.1. The summed E-state index contributed by atoms with van der Waals surface area (Å²) in [6, 6.07) is 7.05. The van der Waals surface area contributed by atoms with Crippen LogP contribution in [0.2, 0.25) is 0 Å². The Kier molecular flexibility index (Phi) is 6.48. The lowest BCUT2D eigenvalue weighted by Crippen LogP contribution is -2.35. The molecule has 0 atom stereocenters. The average molecular weight is 275 g/mol. The van der Waals surface area contributed by atoms with Crippen molar-refractivity contribution in [3.8, 4) is 0 Å². The van der Waals surface area contributed by atoms with Gasteiger partial charge in [0, 0.05) is 18.3 Å². The molecule has 1 N–H and O–H groups in total. The van der Waals surface area contributed by atoms with Gasteiger partial charge in [-0.3, -0.25) is 4.98 Å². The Hall–Kier alpha value is -0.930. The van der Waals surface area contributed by atoms with Gasteiger partial charge in [0.05, 0.1) is 5.69 Å². The van der Waals surface area contributed by atoms with Crippen molar-refractivity contribution in [2.24, 2.45) is 0 Å². The Morgan fingerprint density at radius 3 is 2.80 bits per heavy atom. The maximum Gasteiger partial charge on any atom is 0.0544 e. The third-order valence-electron chi connectivity index (χ3n) is 4.31. The third kappa shape index (κ3) is 5.22. The minimum atomic E-state index is 0.835. The predicted octanol–water partition coefficient (Wildman–Crippen LogP) is 3.13. The number of nitrogens with zero attached hydrogens (tertiary/aromatic N) is 2. The molecule has 1 aliphatic rings. The molecule has 1 saturated carbocycles. The van der Waals surface area contributed by atoms with Crippen molar-refractivity contribution in [1.82, 2.24) is 15.2 Å². The van der Waals surface area contributed by atoms with E-state index in [1.165, 1.54) is 45.1 Å². The highest BCUT2D eigenvalue weighted by Gasteiger charge is 2.16. The van der Waals surface area contributed by atoms with Gasteiger partial charge >= 0.3 is 0 Å². The van der Waals surface area contributed by atoms with Crippen molar-refractivity contribution in [2.45, 2.75) is 58.0 Å². The lowest BCUT2D eigenvalue weighted by atomic mass is 9.94. The minimum Gasteiger partial charge on any atom is -0.311 e. The van der Waals surface area contributed by atoms with E-state index >= 15 is 0 Å². The summed E-state index contributed by atoms with van der Waals surface area (Å²) < 4.78 is 0. The van der Waals surface area contributed by atoms with E-state index in [0.29, 0.717) is 0 Å². The van der Waals surface area contributed by atoms with Gasteiger partial charge in [0.25, 0.3) is 0 Å². The van der Waals surface area contributed by atoms with E-state index in [4.69, 9.17) is 0 Å². The van der Waals surface area contributed by atoms with Crippen molar-refractivity contribution in [3.05, 3.63) is 29.6 Å². The second kappa shape index (κ2) is 8.38. The Balaban J connectivity index is 1.57. The number of hydrogen-bond acceptors (Lipinski definition) is 3. The fourth-order valence-corrected chi connectivity index (χ4v) is 3.07. The van der Waals surface area contributed by atoms with Gasteiger partial charge in [-0.2, -0.15) is 0 Å². The van der Waals surface area contributed by atoms with Gasteiger partial charge in [0.15, 0.2) is 0 Å². The van der Waals surface area contributed by atoms with Crippen molar-refractivity contribution < 1.29 is 0 Å². The Labute approximate surface area is 123 Å². The number of aromatic nitrogens is 1. The largest absolute Gasteiger partial charge is 0.311 e. The second-order valence-electron chi connectivity index (χ2n) is 6.07. The average Bonchev–Trinajstić information content (AvgIpc) is 2.48. The van der Waals surface area contributed by atoms with E-state index in [9.17, 15) is 0 Å². The summed E-state index contributed by atoms with van der Waals surface area (Å²) >= 11 is 0. The number of hydrogen-bond donors (Lipinski definition) is 1. The van der Waals surface area contributed by atoms with E-state index < -0.39 is 0 Å². The fraction of sp³-hybridized carbons (Fsp3) is 0.706. The number of rotatable bonds is 7. The van der Waals surface area contributed by atoms with Crippen LogP contribution < -0.4 is 5.32 Å². The topological polar surface area (TPSA) is 28.2 Å². The van der Waals surface area contributed by atoms with Gasteiger partial charge in [-0.25, -0.2) is 0 Å². The molecule has 1 aromatic heterocycles. The van der Waals surface area contributed by atoms with Gasteiger partial charge in [-0.05, 0) is 58.5 Å². The SMILES string of the molecule is Cc1cccc(CNCCCN(C)C2CCCCC2)n1.